The van der Waals surface area contributed by atoms with Crippen LogP contribution < -0.4 is 4.31 Å². The molecule has 0 N–H and O–H groups in total. The number of sulfonamides is 1. The number of rotatable bonds is 4. The minimum absolute atomic E-state index is 0.0511. The summed E-state index contributed by atoms with van der Waals surface area (Å²) in [5.41, 5.74) is 1.38. The van der Waals surface area contributed by atoms with Gasteiger partial charge in [-0.3, -0.25) is 4.31 Å². The molecule has 0 spiro atoms. The Morgan fingerprint density at radius 1 is 1.04 bits per heavy atom. The van der Waals surface area contributed by atoms with E-state index in [4.69, 9.17) is 11.6 Å². The Morgan fingerprint density at radius 2 is 1.64 bits per heavy atom. The first-order valence-corrected chi connectivity index (χ1v) is 11.0. The van der Waals surface area contributed by atoms with Crippen molar-refractivity contribution >= 4 is 37.1 Å². The van der Waals surface area contributed by atoms with E-state index in [1.165, 1.54) is 30.3 Å². The third kappa shape index (κ3) is 3.73. The lowest BCUT2D eigenvalue weighted by Gasteiger charge is -2.29. The van der Waals surface area contributed by atoms with Gasteiger partial charge in [-0.15, -0.1) is 0 Å². The fourth-order valence-electron chi connectivity index (χ4n) is 2.63. The maximum atomic E-state index is 13.2. The minimum Gasteiger partial charge on any atom is -0.258 e. The predicted octanol–water partition coefficient (Wildman–Crippen LogP) is 3.15. The highest BCUT2D eigenvalue weighted by Crippen LogP contribution is 2.30. The van der Waals surface area contributed by atoms with Crippen LogP contribution in [0.5, 0.6) is 0 Å². The average molecular weight is 398 g/mol. The van der Waals surface area contributed by atoms with E-state index in [2.05, 4.69) is 0 Å². The van der Waals surface area contributed by atoms with Gasteiger partial charge in [-0.25, -0.2) is 16.8 Å². The van der Waals surface area contributed by atoms with Crippen LogP contribution in [0.3, 0.4) is 0 Å². The fraction of sp³-hybridized carbons (Fsp3) is 0.176. The van der Waals surface area contributed by atoms with E-state index in [1.807, 2.05) is 6.92 Å². The number of hydrogen-bond acceptors (Lipinski definition) is 4. The van der Waals surface area contributed by atoms with E-state index in [9.17, 15) is 16.8 Å². The van der Waals surface area contributed by atoms with Crippen molar-refractivity contribution in [2.45, 2.75) is 17.9 Å². The molecule has 1 unspecified atom stereocenters. The predicted molar refractivity (Wildman–Crippen MR) is 99.0 cm³/mol. The highest BCUT2D eigenvalue weighted by Gasteiger charge is 2.35. The molecule has 1 atom stereocenters. The van der Waals surface area contributed by atoms with Crippen molar-refractivity contribution in [3.8, 4) is 0 Å². The summed E-state index contributed by atoms with van der Waals surface area (Å²) in [6.45, 7) is 1.89. The van der Waals surface area contributed by atoms with Crippen molar-refractivity contribution in [2.75, 3.05) is 10.1 Å². The van der Waals surface area contributed by atoms with Crippen LogP contribution in [0, 0.1) is 6.92 Å². The topological polar surface area (TPSA) is 71.5 Å². The third-order valence-corrected chi connectivity index (χ3v) is 7.37. The van der Waals surface area contributed by atoms with Crippen LogP contribution in [0.15, 0.2) is 64.9 Å². The van der Waals surface area contributed by atoms with Gasteiger partial charge in [0.05, 0.1) is 22.4 Å². The molecule has 5 nitrogen and oxygen atoms in total. The summed E-state index contributed by atoms with van der Waals surface area (Å²) in [5, 5.41) is 1.49. The highest BCUT2D eigenvalue weighted by atomic mass is 35.5. The van der Waals surface area contributed by atoms with Crippen LogP contribution in [0.1, 0.15) is 5.56 Å². The van der Waals surface area contributed by atoms with Gasteiger partial charge in [0.25, 0.3) is 10.0 Å². The zero-order chi connectivity index (χ0) is 18.2. The van der Waals surface area contributed by atoms with Crippen molar-refractivity contribution in [2.24, 2.45) is 0 Å². The van der Waals surface area contributed by atoms with E-state index in [1.54, 1.807) is 24.3 Å². The molecular formula is C17H16ClNO4S2. The summed E-state index contributed by atoms with van der Waals surface area (Å²) in [6, 6.07) is 11.9. The lowest BCUT2D eigenvalue weighted by Crippen LogP contribution is -2.41. The molecule has 0 aromatic heterocycles. The number of nitrogens with zero attached hydrogens (tertiary/aromatic N) is 1. The van der Waals surface area contributed by atoms with Crippen LogP contribution in [0.2, 0.25) is 5.02 Å². The second kappa shape index (κ2) is 6.48. The molecule has 2 aromatic rings. The van der Waals surface area contributed by atoms with Crippen LogP contribution in [0.4, 0.5) is 5.69 Å². The van der Waals surface area contributed by atoms with Crippen molar-refractivity contribution < 1.29 is 16.8 Å². The average Bonchev–Trinajstić information content (AvgIpc) is 2.89. The van der Waals surface area contributed by atoms with E-state index in [0.717, 1.165) is 15.3 Å². The SMILES string of the molecule is Cc1ccc(N(C2C=CS(=O)(=O)C2)S(=O)(=O)c2ccc(Cl)cc2)cc1. The summed E-state index contributed by atoms with van der Waals surface area (Å²) in [5.74, 6) is -0.284. The summed E-state index contributed by atoms with van der Waals surface area (Å²) in [7, 11) is -7.37. The van der Waals surface area contributed by atoms with Gasteiger partial charge < -0.3 is 0 Å². The summed E-state index contributed by atoms with van der Waals surface area (Å²) in [4.78, 5) is 0.0511. The molecule has 2 aromatic carbocycles. The maximum absolute atomic E-state index is 13.2. The van der Waals surface area contributed by atoms with Gasteiger partial charge in [0.1, 0.15) is 0 Å². The molecular weight excluding hydrogens is 382 g/mol. The largest absolute Gasteiger partial charge is 0.264 e. The Balaban J connectivity index is 2.12. The first-order chi connectivity index (χ1) is 11.7. The Labute approximate surface area is 152 Å². The molecule has 1 aliphatic heterocycles. The fourth-order valence-corrected chi connectivity index (χ4v) is 5.72. The maximum Gasteiger partial charge on any atom is 0.264 e. The van der Waals surface area contributed by atoms with Crippen LogP contribution >= 0.6 is 11.6 Å². The Kier molecular flexibility index (Phi) is 4.66. The second-order valence-electron chi connectivity index (χ2n) is 5.82. The molecule has 132 valence electrons. The molecule has 3 rings (SSSR count). The summed E-state index contributed by atoms with van der Waals surface area (Å²) < 4.78 is 51.1. The molecule has 0 amide bonds. The molecule has 1 heterocycles. The lowest BCUT2D eigenvalue weighted by molar-refractivity contribution is 0.586. The second-order valence-corrected chi connectivity index (χ2v) is 10.00. The molecule has 0 bridgehead atoms. The van der Waals surface area contributed by atoms with E-state index < -0.39 is 25.9 Å². The molecule has 0 radical (unpaired) electrons. The Hall–Kier alpha value is -1.83. The molecule has 25 heavy (non-hydrogen) atoms. The molecule has 0 aliphatic carbocycles. The van der Waals surface area contributed by atoms with Gasteiger partial charge in [0.2, 0.25) is 0 Å². The lowest BCUT2D eigenvalue weighted by atomic mass is 10.2. The van der Waals surface area contributed by atoms with Crippen LogP contribution in [-0.2, 0) is 19.9 Å². The van der Waals surface area contributed by atoms with Gasteiger partial charge in [0.15, 0.2) is 9.84 Å². The first-order valence-electron chi connectivity index (χ1n) is 7.47. The van der Waals surface area contributed by atoms with Gasteiger partial charge in [-0.2, -0.15) is 0 Å². The van der Waals surface area contributed by atoms with Crippen molar-refractivity contribution in [3.63, 3.8) is 0 Å². The molecule has 0 saturated heterocycles. The Bertz CT molecular complexity index is 1010. The number of hydrogen-bond donors (Lipinski definition) is 0. The Morgan fingerprint density at radius 3 is 2.16 bits per heavy atom. The van der Waals surface area contributed by atoms with Gasteiger partial charge in [-0.05, 0) is 49.4 Å². The quantitative estimate of drug-likeness (QED) is 0.794. The number of halogens is 1. The number of benzene rings is 2. The standard InChI is InChI=1S/C17H16ClNO4S2/c1-13-2-6-15(7-3-13)19(16-10-11-24(20,21)12-16)25(22,23)17-8-4-14(18)5-9-17/h2-11,16H,12H2,1H3. The van der Waals surface area contributed by atoms with Crippen molar-refractivity contribution in [1.29, 1.82) is 0 Å². The van der Waals surface area contributed by atoms with Crippen molar-refractivity contribution in [3.05, 3.63) is 70.6 Å². The van der Waals surface area contributed by atoms with Gasteiger partial charge >= 0.3 is 0 Å². The molecule has 8 heteroatoms. The van der Waals surface area contributed by atoms with E-state index in [-0.39, 0.29) is 10.6 Å². The third-order valence-electron chi connectivity index (χ3n) is 3.87. The van der Waals surface area contributed by atoms with Crippen LogP contribution in [-0.4, -0.2) is 28.6 Å². The summed E-state index contributed by atoms with van der Waals surface area (Å²) >= 11 is 5.84. The number of aryl methyl sites for hydroxylation is 1. The smallest absolute Gasteiger partial charge is 0.258 e. The first kappa shape index (κ1) is 18.0. The normalized spacial score (nSPS) is 19.0. The van der Waals surface area contributed by atoms with Gasteiger partial charge in [0, 0.05) is 10.4 Å². The molecule has 1 aliphatic rings. The number of anilines is 1. The van der Waals surface area contributed by atoms with Gasteiger partial charge in [-0.1, -0.05) is 29.3 Å². The zero-order valence-corrected chi connectivity index (χ0v) is 15.7. The number of sulfone groups is 1. The molecule has 0 saturated carbocycles. The van der Waals surface area contributed by atoms with Crippen molar-refractivity contribution in [1.82, 2.24) is 0 Å². The summed E-state index contributed by atoms with van der Waals surface area (Å²) in [6.07, 6.45) is 1.41. The monoisotopic (exact) mass is 397 g/mol. The van der Waals surface area contributed by atoms with E-state index >= 15 is 0 Å². The van der Waals surface area contributed by atoms with Crippen LogP contribution in [0.25, 0.3) is 0 Å². The zero-order valence-electron chi connectivity index (χ0n) is 13.3. The van der Waals surface area contributed by atoms with E-state index in [0.29, 0.717) is 10.7 Å². The molecule has 0 fully saturated rings. The minimum atomic E-state index is -3.96. The highest BCUT2D eigenvalue weighted by molar-refractivity contribution is 7.95.